The van der Waals surface area contributed by atoms with Crippen molar-refractivity contribution >= 4 is 11.9 Å². The van der Waals surface area contributed by atoms with E-state index in [4.69, 9.17) is 20.3 Å². The van der Waals surface area contributed by atoms with Gasteiger partial charge in [0.05, 0.1) is 12.5 Å². The molecule has 1 aliphatic rings. The van der Waals surface area contributed by atoms with Crippen LogP contribution in [-0.4, -0.2) is 47.3 Å². The first kappa shape index (κ1) is 17.1. The normalized spacial score (nSPS) is 15.1. The van der Waals surface area contributed by atoms with Crippen molar-refractivity contribution in [1.82, 2.24) is 4.90 Å². The Morgan fingerprint density at radius 3 is 2.70 bits per heavy atom. The molecule has 2 rings (SSSR count). The molecule has 2 atom stereocenters. The van der Waals surface area contributed by atoms with Gasteiger partial charge in [0.25, 0.3) is 0 Å². The summed E-state index contributed by atoms with van der Waals surface area (Å²) in [6.07, 6.45) is 0.252. The van der Waals surface area contributed by atoms with Crippen LogP contribution in [0.15, 0.2) is 18.2 Å². The monoisotopic (exact) mass is 322 g/mol. The van der Waals surface area contributed by atoms with Gasteiger partial charge in [-0.2, -0.15) is 0 Å². The van der Waals surface area contributed by atoms with Crippen LogP contribution < -0.4 is 15.2 Å². The van der Waals surface area contributed by atoms with E-state index in [1.54, 1.807) is 4.90 Å². The smallest absolute Gasteiger partial charge is 0.305 e. The summed E-state index contributed by atoms with van der Waals surface area (Å²) < 4.78 is 10.6. The van der Waals surface area contributed by atoms with Crippen molar-refractivity contribution in [3.63, 3.8) is 0 Å². The van der Waals surface area contributed by atoms with Gasteiger partial charge in [0.15, 0.2) is 11.5 Å². The Balaban J connectivity index is 2.03. The largest absolute Gasteiger partial charge is 0.481 e. The number of hydrogen-bond acceptors (Lipinski definition) is 5. The first-order valence-electron chi connectivity index (χ1n) is 7.58. The lowest BCUT2D eigenvalue weighted by atomic mass is 10.0. The third-order valence-electron chi connectivity index (χ3n) is 3.84. The minimum atomic E-state index is -1.08. The van der Waals surface area contributed by atoms with Crippen LogP contribution in [-0.2, 0) is 16.0 Å². The minimum absolute atomic E-state index is 0.104. The number of nitrogens with zero attached hydrogens (tertiary/aromatic N) is 1. The zero-order valence-corrected chi connectivity index (χ0v) is 13.3. The van der Waals surface area contributed by atoms with Gasteiger partial charge in [-0.1, -0.05) is 6.07 Å². The lowest BCUT2D eigenvalue weighted by Gasteiger charge is -2.30. The molecule has 1 aliphatic heterocycles. The van der Waals surface area contributed by atoms with Crippen molar-refractivity contribution in [3.05, 3.63) is 23.8 Å². The maximum atomic E-state index is 12.3. The first-order chi connectivity index (χ1) is 10.9. The molecule has 0 aromatic heterocycles. The summed E-state index contributed by atoms with van der Waals surface area (Å²) in [5, 5.41) is 8.77. The van der Waals surface area contributed by atoms with Crippen LogP contribution in [0.5, 0.6) is 11.5 Å². The van der Waals surface area contributed by atoms with Crippen LogP contribution in [0.3, 0.4) is 0 Å². The number of rotatable bonds is 7. The molecule has 0 aliphatic carbocycles. The van der Waals surface area contributed by atoms with Gasteiger partial charge in [-0.05, 0) is 38.0 Å². The molecule has 1 amide bonds. The number of ether oxygens (including phenoxy) is 2. The van der Waals surface area contributed by atoms with E-state index >= 15 is 0 Å². The lowest BCUT2D eigenvalue weighted by Crippen LogP contribution is -2.49. The fraction of sp³-hybridized carbons (Fsp3) is 0.500. The minimum Gasteiger partial charge on any atom is -0.481 e. The highest BCUT2D eigenvalue weighted by molar-refractivity contribution is 5.86. The zero-order chi connectivity index (χ0) is 17.0. The molecular formula is C16H22N2O5. The molecule has 0 saturated heterocycles. The van der Waals surface area contributed by atoms with Gasteiger partial charge in [-0.25, -0.2) is 0 Å². The highest BCUT2D eigenvalue weighted by atomic mass is 16.7. The van der Waals surface area contributed by atoms with Gasteiger partial charge in [0.1, 0.15) is 0 Å². The summed E-state index contributed by atoms with van der Waals surface area (Å²) in [6, 6.07) is 4.55. The van der Waals surface area contributed by atoms with E-state index in [0.717, 1.165) is 5.56 Å². The predicted molar refractivity (Wildman–Crippen MR) is 83.3 cm³/mol. The fourth-order valence-corrected chi connectivity index (χ4v) is 2.69. The Morgan fingerprint density at radius 2 is 2.04 bits per heavy atom. The second-order valence-electron chi connectivity index (χ2n) is 5.57. The summed E-state index contributed by atoms with van der Waals surface area (Å²) >= 11 is 0. The van der Waals surface area contributed by atoms with E-state index in [0.29, 0.717) is 24.5 Å². The second kappa shape index (κ2) is 7.32. The number of aliphatic carboxylic acids is 1. The Hall–Kier alpha value is -2.28. The molecule has 1 unspecified atom stereocenters. The van der Waals surface area contributed by atoms with Crippen LogP contribution in [0.2, 0.25) is 0 Å². The van der Waals surface area contributed by atoms with Gasteiger partial charge in [-0.3, -0.25) is 9.59 Å². The molecule has 1 aromatic carbocycles. The summed E-state index contributed by atoms with van der Waals surface area (Å²) in [7, 11) is 0. The maximum Gasteiger partial charge on any atom is 0.305 e. The van der Waals surface area contributed by atoms with Crippen molar-refractivity contribution in [1.29, 1.82) is 0 Å². The quantitative estimate of drug-likeness (QED) is 0.776. The number of nitrogens with two attached hydrogens (primary N) is 1. The molecular weight excluding hydrogens is 300 g/mol. The molecule has 0 bridgehead atoms. The first-order valence-corrected chi connectivity index (χ1v) is 7.58. The summed E-state index contributed by atoms with van der Waals surface area (Å²) in [5.74, 6) is -0.00608. The summed E-state index contributed by atoms with van der Waals surface area (Å²) in [4.78, 5) is 24.6. The molecule has 0 radical (unpaired) electrons. The third-order valence-corrected chi connectivity index (χ3v) is 3.84. The Labute approximate surface area is 135 Å². The molecule has 1 heterocycles. The number of likely N-dealkylation sites (N-methyl/N-ethyl adjacent to an activating group) is 1. The van der Waals surface area contributed by atoms with E-state index in [1.165, 1.54) is 0 Å². The van der Waals surface area contributed by atoms with Gasteiger partial charge >= 0.3 is 5.97 Å². The number of fused-ring (bicyclic) bond motifs is 1. The van der Waals surface area contributed by atoms with E-state index in [9.17, 15) is 9.59 Å². The Morgan fingerprint density at radius 1 is 1.35 bits per heavy atom. The number of benzene rings is 1. The number of hydrogen-bond donors (Lipinski definition) is 2. The van der Waals surface area contributed by atoms with Crippen LogP contribution in [0.1, 0.15) is 25.8 Å². The number of carboxylic acids is 1. The zero-order valence-electron chi connectivity index (χ0n) is 13.3. The predicted octanol–water partition coefficient (Wildman–Crippen LogP) is 0.997. The van der Waals surface area contributed by atoms with Crippen molar-refractivity contribution < 1.29 is 24.2 Å². The third kappa shape index (κ3) is 4.13. The van der Waals surface area contributed by atoms with Gasteiger partial charge in [0.2, 0.25) is 12.7 Å². The molecule has 0 spiro atoms. The van der Waals surface area contributed by atoms with Crippen LogP contribution in [0.4, 0.5) is 0 Å². The van der Waals surface area contributed by atoms with Crippen molar-refractivity contribution in [2.75, 3.05) is 13.3 Å². The molecule has 0 saturated carbocycles. The van der Waals surface area contributed by atoms with E-state index in [2.05, 4.69) is 0 Å². The van der Waals surface area contributed by atoms with Crippen LogP contribution >= 0.6 is 0 Å². The number of carbonyl (C=O) groups excluding carboxylic acids is 1. The highest BCUT2D eigenvalue weighted by Gasteiger charge is 2.26. The van der Waals surface area contributed by atoms with Crippen molar-refractivity contribution in [2.24, 2.45) is 5.73 Å². The average Bonchev–Trinajstić information content (AvgIpc) is 2.94. The van der Waals surface area contributed by atoms with Crippen molar-refractivity contribution in [3.8, 4) is 11.5 Å². The van der Waals surface area contributed by atoms with Gasteiger partial charge in [-0.15, -0.1) is 0 Å². The molecule has 3 N–H and O–H groups in total. The molecule has 7 nitrogen and oxygen atoms in total. The Kier molecular flexibility index (Phi) is 5.44. The lowest BCUT2D eigenvalue weighted by molar-refractivity contribution is -0.142. The molecule has 7 heteroatoms. The SMILES string of the molecule is CCN(C(=O)[C@@H](N)CC(=O)O)C(C)Cc1ccc2c(c1)OCO2. The highest BCUT2D eigenvalue weighted by Crippen LogP contribution is 2.33. The molecule has 23 heavy (non-hydrogen) atoms. The number of carboxylic acid groups (broad SMARTS) is 1. The molecule has 1 aromatic rings. The van der Waals surface area contributed by atoms with Crippen molar-refractivity contribution in [2.45, 2.75) is 38.8 Å². The van der Waals surface area contributed by atoms with E-state index < -0.39 is 12.0 Å². The Bertz CT molecular complexity index is 590. The van der Waals surface area contributed by atoms with Gasteiger partial charge in [0, 0.05) is 12.6 Å². The van der Waals surface area contributed by atoms with Gasteiger partial charge < -0.3 is 25.2 Å². The second-order valence-corrected chi connectivity index (χ2v) is 5.57. The number of amides is 1. The molecule has 0 fully saturated rings. The number of carbonyl (C=O) groups is 2. The van der Waals surface area contributed by atoms with Crippen LogP contribution in [0, 0.1) is 0 Å². The van der Waals surface area contributed by atoms with Crippen LogP contribution in [0.25, 0.3) is 0 Å². The maximum absolute atomic E-state index is 12.3. The summed E-state index contributed by atoms with van der Waals surface area (Å²) in [6.45, 7) is 4.46. The summed E-state index contributed by atoms with van der Waals surface area (Å²) in [5.41, 5.74) is 6.70. The van der Waals surface area contributed by atoms with E-state index in [-0.39, 0.29) is 25.2 Å². The fourth-order valence-electron chi connectivity index (χ4n) is 2.69. The standard InChI is InChI=1S/C16H22N2O5/c1-3-18(16(21)12(17)8-15(19)20)10(2)6-11-4-5-13-14(7-11)23-9-22-13/h4-5,7,10,12H,3,6,8-9,17H2,1-2H3,(H,19,20)/t10?,12-/m0/s1. The topological polar surface area (TPSA) is 102 Å². The average molecular weight is 322 g/mol. The molecule has 126 valence electrons. The van der Waals surface area contributed by atoms with E-state index in [1.807, 2.05) is 32.0 Å².